The Labute approximate surface area is 117 Å². The van der Waals surface area contributed by atoms with Crippen LogP contribution in [0.25, 0.3) is 11.1 Å². The first-order valence-corrected chi connectivity index (χ1v) is 6.27. The van der Waals surface area contributed by atoms with E-state index >= 15 is 0 Å². The topological polar surface area (TPSA) is 65.1 Å². The molecule has 1 N–H and O–H groups in total. The van der Waals surface area contributed by atoms with Gasteiger partial charge in [0.15, 0.2) is 0 Å². The summed E-state index contributed by atoms with van der Waals surface area (Å²) in [7, 11) is 1.24. The minimum absolute atomic E-state index is 0.0374. The highest BCUT2D eigenvalue weighted by Gasteiger charge is 2.38. The van der Waals surface area contributed by atoms with E-state index in [4.69, 9.17) is 4.74 Å². The SMILES string of the molecule is Cn1ncc(-c2cnn([C@@H]3COC[C@H]3O)c2)c1C(F)(F)F. The van der Waals surface area contributed by atoms with Crippen molar-refractivity contribution >= 4 is 0 Å². The second-order valence-corrected chi connectivity index (χ2v) is 4.91. The monoisotopic (exact) mass is 302 g/mol. The van der Waals surface area contributed by atoms with Crippen molar-refractivity contribution in [1.82, 2.24) is 19.6 Å². The van der Waals surface area contributed by atoms with Crippen LogP contribution in [0.2, 0.25) is 0 Å². The summed E-state index contributed by atoms with van der Waals surface area (Å²) in [6.45, 7) is 0.474. The number of rotatable bonds is 2. The van der Waals surface area contributed by atoms with E-state index in [0.717, 1.165) is 10.9 Å². The van der Waals surface area contributed by atoms with E-state index in [1.165, 1.54) is 24.1 Å². The summed E-state index contributed by atoms with van der Waals surface area (Å²) < 4.78 is 46.5. The number of aliphatic hydroxyl groups is 1. The van der Waals surface area contributed by atoms with Crippen LogP contribution in [0.5, 0.6) is 0 Å². The molecule has 3 rings (SSSR count). The van der Waals surface area contributed by atoms with Gasteiger partial charge in [-0.25, -0.2) is 0 Å². The molecule has 2 aromatic rings. The molecule has 3 heterocycles. The third kappa shape index (κ3) is 2.42. The largest absolute Gasteiger partial charge is 0.433 e. The molecule has 1 fully saturated rings. The summed E-state index contributed by atoms with van der Waals surface area (Å²) in [6.07, 6.45) is -1.26. The van der Waals surface area contributed by atoms with Crippen molar-refractivity contribution in [3.8, 4) is 11.1 Å². The predicted octanol–water partition coefficient (Wildman–Crippen LogP) is 1.23. The van der Waals surface area contributed by atoms with Crippen molar-refractivity contribution in [3.05, 3.63) is 24.3 Å². The molecule has 2 aromatic heterocycles. The van der Waals surface area contributed by atoms with Gasteiger partial charge >= 0.3 is 6.18 Å². The minimum Gasteiger partial charge on any atom is -0.388 e. The van der Waals surface area contributed by atoms with Gasteiger partial charge in [-0.2, -0.15) is 23.4 Å². The molecule has 6 nitrogen and oxygen atoms in total. The lowest BCUT2D eigenvalue weighted by Crippen LogP contribution is -2.22. The molecule has 0 radical (unpaired) electrons. The van der Waals surface area contributed by atoms with E-state index < -0.39 is 18.0 Å². The van der Waals surface area contributed by atoms with Crippen LogP contribution in [-0.2, 0) is 18.0 Å². The van der Waals surface area contributed by atoms with Crippen LogP contribution in [0.15, 0.2) is 18.6 Å². The highest BCUT2D eigenvalue weighted by molar-refractivity contribution is 5.64. The van der Waals surface area contributed by atoms with Gasteiger partial charge in [-0.15, -0.1) is 0 Å². The standard InChI is InChI=1S/C12H13F3N4O2/c1-18-11(12(13,14)15)8(3-16-18)7-2-17-19(4-7)9-5-21-6-10(9)20/h2-4,9-10,20H,5-6H2,1H3/t9-,10-/m1/s1. The maximum atomic E-state index is 13.0. The van der Waals surface area contributed by atoms with E-state index in [9.17, 15) is 18.3 Å². The highest BCUT2D eigenvalue weighted by atomic mass is 19.4. The maximum Gasteiger partial charge on any atom is 0.433 e. The normalized spacial score (nSPS) is 22.9. The Morgan fingerprint density at radius 2 is 2.05 bits per heavy atom. The molecule has 21 heavy (non-hydrogen) atoms. The lowest BCUT2D eigenvalue weighted by atomic mass is 10.1. The quantitative estimate of drug-likeness (QED) is 0.906. The van der Waals surface area contributed by atoms with Gasteiger partial charge in [0.25, 0.3) is 0 Å². The van der Waals surface area contributed by atoms with E-state index in [-0.39, 0.29) is 24.8 Å². The lowest BCUT2D eigenvalue weighted by molar-refractivity contribution is -0.143. The average Bonchev–Trinajstić information content (AvgIpc) is 3.05. The van der Waals surface area contributed by atoms with Crippen LogP contribution >= 0.6 is 0 Å². The predicted molar refractivity (Wildman–Crippen MR) is 65.3 cm³/mol. The van der Waals surface area contributed by atoms with Crippen molar-refractivity contribution in [2.75, 3.05) is 13.2 Å². The number of aliphatic hydroxyl groups excluding tert-OH is 1. The number of alkyl halides is 3. The summed E-state index contributed by atoms with van der Waals surface area (Å²) >= 11 is 0. The van der Waals surface area contributed by atoms with Crippen LogP contribution in [0.3, 0.4) is 0 Å². The third-order valence-electron chi connectivity index (χ3n) is 3.48. The molecule has 1 aliphatic heterocycles. The first-order valence-electron chi connectivity index (χ1n) is 6.27. The van der Waals surface area contributed by atoms with Gasteiger partial charge in [-0.1, -0.05) is 0 Å². The Bertz CT molecular complexity index is 649. The number of ether oxygens (including phenoxy) is 1. The van der Waals surface area contributed by atoms with Crippen LogP contribution in [0, 0.1) is 0 Å². The Morgan fingerprint density at radius 1 is 1.29 bits per heavy atom. The van der Waals surface area contributed by atoms with E-state index in [1.54, 1.807) is 0 Å². The molecule has 9 heteroatoms. The van der Waals surface area contributed by atoms with Crippen molar-refractivity contribution in [2.24, 2.45) is 7.05 Å². The minimum atomic E-state index is -4.50. The summed E-state index contributed by atoms with van der Waals surface area (Å²) in [5.41, 5.74) is -0.565. The van der Waals surface area contributed by atoms with Gasteiger partial charge in [-0.05, 0) is 0 Å². The van der Waals surface area contributed by atoms with E-state index in [2.05, 4.69) is 10.2 Å². The number of hydrogen-bond donors (Lipinski definition) is 1. The Hall–Kier alpha value is -1.87. The van der Waals surface area contributed by atoms with Crippen molar-refractivity contribution in [3.63, 3.8) is 0 Å². The number of nitrogens with zero attached hydrogens (tertiary/aromatic N) is 4. The summed E-state index contributed by atoms with van der Waals surface area (Å²) in [5.74, 6) is 0. The van der Waals surface area contributed by atoms with Gasteiger partial charge in [0.2, 0.25) is 0 Å². The maximum absolute atomic E-state index is 13.0. The fourth-order valence-electron chi connectivity index (χ4n) is 2.43. The highest BCUT2D eigenvalue weighted by Crippen LogP contribution is 2.36. The molecule has 1 saturated heterocycles. The molecular weight excluding hydrogens is 289 g/mol. The van der Waals surface area contributed by atoms with Crippen LogP contribution < -0.4 is 0 Å². The van der Waals surface area contributed by atoms with Crippen molar-refractivity contribution in [2.45, 2.75) is 18.3 Å². The molecule has 114 valence electrons. The number of hydrogen-bond acceptors (Lipinski definition) is 4. The van der Waals surface area contributed by atoms with Gasteiger partial charge < -0.3 is 9.84 Å². The first-order chi connectivity index (χ1) is 9.88. The molecule has 0 spiro atoms. The molecule has 2 atom stereocenters. The second kappa shape index (κ2) is 4.85. The van der Waals surface area contributed by atoms with Gasteiger partial charge in [0, 0.05) is 24.4 Å². The lowest BCUT2D eigenvalue weighted by Gasteiger charge is -2.12. The fourth-order valence-corrected chi connectivity index (χ4v) is 2.43. The zero-order valence-corrected chi connectivity index (χ0v) is 11.1. The van der Waals surface area contributed by atoms with Crippen LogP contribution in [0.4, 0.5) is 13.2 Å². The molecular formula is C12H13F3N4O2. The number of aromatic nitrogens is 4. The van der Waals surface area contributed by atoms with Crippen LogP contribution in [0.1, 0.15) is 11.7 Å². The van der Waals surface area contributed by atoms with E-state index in [0.29, 0.717) is 5.56 Å². The molecule has 0 bridgehead atoms. The summed E-state index contributed by atoms with van der Waals surface area (Å²) in [4.78, 5) is 0. The van der Waals surface area contributed by atoms with Crippen molar-refractivity contribution in [1.29, 1.82) is 0 Å². The second-order valence-electron chi connectivity index (χ2n) is 4.91. The van der Waals surface area contributed by atoms with Gasteiger partial charge in [-0.3, -0.25) is 9.36 Å². The van der Waals surface area contributed by atoms with Crippen LogP contribution in [-0.4, -0.2) is 44.0 Å². The zero-order valence-electron chi connectivity index (χ0n) is 11.1. The van der Waals surface area contributed by atoms with E-state index in [1.807, 2.05) is 0 Å². The number of aryl methyl sites for hydroxylation is 1. The average molecular weight is 302 g/mol. The summed E-state index contributed by atoms with van der Waals surface area (Å²) in [6, 6.07) is -0.384. The summed E-state index contributed by atoms with van der Waals surface area (Å²) in [5, 5.41) is 17.4. The molecule has 0 saturated carbocycles. The Morgan fingerprint density at radius 3 is 2.67 bits per heavy atom. The molecule has 0 aromatic carbocycles. The molecule has 1 aliphatic rings. The number of halogens is 3. The molecule has 0 amide bonds. The molecule has 0 aliphatic carbocycles. The van der Waals surface area contributed by atoms with Gasteiger partial charge in [0.05, 0.1) is 25.6 Å². The van der Waals surface area contributed by atoms with Gasteiger partial charge in [0.1, 0.15) is 17.8 Å². The Kier molecular flexibility index (Phi) is 3.25. The van der Waals surface area contributed by atoms with Crippen molar-refractivity contribution < 1.29 is 23.0 Å². The fraction of sp³-hybridized carbons (Fsp3) is 0.500. The zero-order chi connectivity index (χ0) is 15.2. The first kappa shape index (κ1) is 14.1. The molecule has 0 unspecified atom stereocenters. The Balaban J connectivity index is 1.98. The smallest absolute Gasteiger partial charge is 0.388 e. The third-order valence-corrected chi connectivity index (χ3v) is 3.48.